The largest absolute Gasteiger partial charge is 0.387 e. The van der Waals surface area contributed by atoms with E-state index in [0.717, 1.165) is 37.7 Å². The fraction of sp³-hybridized carbons (Fsp3) is 0.600. The Morgan fingerprint density at radius 1 is 1.28 bits per heavy atom. The summed E-state index contributed by atoms with van der Waals surface area (Å²) in [5.41, 5.74) is 1.03. The molecule has 1 aromatic rings. The first-order valence-corrected chi connectivity index (χ1v) is 7.02. The minimum Gasteiger partial charge on any atom is -0.387 e. The van der Waals surface area contributed by atoms with Crippen molar-refractivity contribution in [1.82, 2.24) is 10.2 Å². The van der Waals surface area contributed by atoms with Crippen molar-refractivity contribution in [3.63, 3.8) is 0 Å². The maximum absolute atomic E-state index is 10.3. The molecule has 0 radical (unpaired) electrons. The van der Waals surface area contributed by atoms with Crippen LogP contribution in [0.25, 0.3) is 0 Å². The predicted molar refractivity (Wildman–Crippen MR) is 72.4 cm³/mol. The number of β-amino-alcohol motifs (C(OH)–C–C–N with tert-alkyl or cyclic N) is 1. The molecule has 2 N–H and O–H groups in total. The van der Waals surface area contributed by atoms with Crippen molar-refractivity contribution in [2.24, 2.45) is 5.92 Å². The molecule has 18 heavy (non-hydrogen) atoms. The number of nitrogens with one attached hydrogen (secondary N) is 1. The number of likely N-dealkylation sites (tertiary alicyclic amines) is 1. The van der Waals surface area contributed by atoms with E-state index in [1.165, 1.54) is 12.8 Å². The van der Waals surface area contributed by atoms with Crippen molar-refractivity contribution in [3.05, 3.63) is 35.9 Å². The van der Waals surface area contributed by atoms with Gasteiger partial charge < -0.3 is 10.4 Å². The van der Waals surface area contributed by atoms with Crippen LogP contribution in [-0.2, 0) is 0 Å². The van der Waals surface area contributed by atoms with Crippen LogP contribution in [-0.4, -0.2) is 42.2 Å². The average molecular weight is 246 g/mol. The molecule has 0 saturated carbocycles. The minimum atomic E-state index is -0.356. The predicted octanol–water partition coefficient (Wildman–Crippen LogP) is 1.40. The van der Waals surface area contributed by atoms with Gasteiger partial charge in [-0.25, -0.2) is 0 Å². The number of aliphatic hydroxyl groups is 1. The average Bonchev–Trinajstić information content (AvgIpc) is 2.89. The maximum atomic E-state index is 10.3. The summed E-state index contributed by atoms with van der Waals surface area (Å²) in [4.78, 5) is 2.48. The van der Waals surface area contributed by atoms with Gasteiger partial charge in [-0.3, -0.25) is 4.90 Å². The number of benzene rings is 1. The number of nitrogens with zero attached hydrogens (tertiary/aromatic N) is 1. The summed E-state index contributed by atoms with van der Waals surface area (Å²) in [7, 11) is 0. The number of aliphatic hydroxyl groups excluding tert-OH is 1. The zero-order valence-electron chi connectivity index (χ0n) is 10.8. The lowest BCUT2D eigenvalue weighted by atomic mass is 9.91. The molecule has 0 spiro atoms. The summed E-state index contributed by atoms with van der Waals surface area (Å²) < 4.78 is 0. The highest BCUT2D eigenvalue weighted by Crippen LogP contribution is 2.28. The lowest BCUT2D eigenvalue weighted by molar-refractivity contribution is 0.0570. The molecular formula is C15H22N2O. The summed E-state index contributed by atoms with van der Waals surface area (Å²) in [6.07, 6.45) is 2.26. The smallest absolute Gasteiger partial charge is 0.0917 e. The molecule has 3 rings (SSSR count). The molecule has 1 aromatic carbocycles. The Morgan fingerprint density at radius 3 is 2.94 bits per heavy atom. The fourth-order valence-corrected chi connectivity index (χ4v) is 3.39. The van der Waals surface area contributed by atoms with Gasteiger partial charge in [0.1, 0.15) is 0 Å². The van der Waals surface area contributed by atoms with Gasteiger partial charge in [-0.15, -0.1) is 0 Å². The normalized spacial score (nSPS) is 30.1. The molecule has 3 unspecified atom stereocenters. The van der Waals surface area contributed by atoms with Crippen LogP contribution in [0.15, 0.2) is 30.3 Å². The molecule has 2 aliphatic heterocycles. The molecule has 0 aliphatic carbocycles. The van der Waals surface area contributed by atoms with E-state index in [2.05, 4.69) is 10.2 Å². The SMILES string of the molecule is OC(CN1CCCC2CNCC21)c1ccccc1. The van der Waals surface area contributed by atoms with Crippen LogP contribution in [0.3, 0.4) is 0 Å². The second-order valence-electron chi connectivity index (χ2n) is 5.55. The minimum absolute atomic E-state index is 0.356. The number of fused-ring (bicyclic) bond motifs is 1. The Labute approximate surface area is 109 Å². The third-order valence-electron chi connectivity index (χ3n) is 4.39. The Kier molecular flexibility index (Phi) is 3.64. The molecule has 2 aliphatic rings. The highest BCUT2D eigenvalue weighted by molar-refractivity contribution is 5.17. The van der Waals surface area contributed by atoms with Crippen molar-refractivity contribution < 1.29 is 5.11 Å². The molecule has 2 heterocycles. The molecular weight excluding hydrogens is 224 g/mol. The molecule has 3 atom stereocenters. The van der Waals surface area contributed by atoms with Crippen LogP contribution in [0.4, 0.5) is 0 Å². The van der Waals surface area contributed by atoms with Gasteiger partial charge in [0.25, 0.3) is 0 Å². The van der Waals surface area contributed by atoms with Gasteiger partial charge in [-0.2, -0.15) is 0 Å². The van der Waals surface area contributed by atoms with Gasteiger partial charge in [0, 0.05) is 19.1 Å². The van der Waals surface area contributed by atoms with Crippen molar-refractivity contribution in [3.8, 4) is 0 Å². The van der Waals surface area contributed by atoms with Gasteiger partial charge in [0.2, 0.25) is 0 Å². The molecule has 2 fully saturated rings. The van der Waals surface area contributed by atoms with E-state index in [4.69, 9.17) is 0 Å². The summed E-state index contributed by atoms with van der Waals surface area (Å²) >= 11 is 0. The van der Waals surface area contributed by atoms with Gasteiger partial charge in [-0.05, 0) is 37.4 Å². The van der Waals surface area contributed by atoms with Crippen molar-refractivity contribution in [2.75, 3.05) is 26.2 Å². The zero-order chi connectivity index (χ0) is 12.4. The topological polar surface area (TPSA) is 35.5 Å². The molecule has 98 valence electrons. The molecule has 0 aromatic heterocycles. The van der Waals surface area contributed by atoms with E-state index in [0.29, 0.717) is 6.04 Å². The Morgan fingerprint density at radius 2 is 2.11 bits per heavy atom. The maximum Gasteiger partial charge on any atom is 0.0917 e. The lowest BCUT2D eigenvalue weighted by Gasteiger charge is -2.38. The molecule has 0 amide bonds. The van der Waals surface area contributed by atoms with Crippen LogP contribution in [0, 0.1) is 5.92 Å². The lowest BCUT2D eigenvalue weighted by Crippen LogP contribution is -2.46. The molecule has 2 saturated heterocycles. The van der Waals surface area contributed by atoms with E-state index in [1.54, 1.807) is 0 Å². The van der Waals surface area contributed by atoms with Crippen LogP contribution in [0.2, 0.25) is 0 Å². The summed E-state index contributed by atoms with van der Waals surface area (Å²) in [6.45, 7) is 4.15. The number of rotatable bonds is 3. The monoisotopic (exact) mass is 246 g/mol. The third kappa shape index (κ3) is 2.44. The van der Waals surface area contributed by atoms with Gasteiger partial charge >= 0.3 is 0 Å². The van der Waals surface area contributed by atoms with Gasteiger partial charge in [0.15, 0.2) is 0 Å². The highest BCUT2D eigenvalue weighted by Gasteiger charge is 2.35. The summed E-state index contributed by atoms with van der Waals surface area (Å²) in [5, 5.41) is 13.8. The van der Waals surface area contributed by atoms with Gasteiger partial charge in [0.05, 0.1) is 6.10 Å². The zero-order valence-corrected chi connectivity index (χ0v) is 10.8. The standard InChI is InChI=1S/C15H22N2O/c18-15(12-5-2-1-3-6-12)11-17-8-4-7-13-9-16-10-14(13)17/h1-3,5-6,13-16,18H,4,7-11H2. The number of piperidine rings is 1. The van der Waals surface area contributed by atoms with Crippen molar-refractivity contribution in [2.45, 2.75) is 25.0 Å². The fourth-order valence-electron chi connectivity index (χ4n) is 3.39. The molecule has 3 heteroatoms. The van der Waals surface area contributed by atoms with Gasteiger partial charge in [-0.1, -0.05) is 30.3 Å². The van der Waals surface area contributed by atoms with E-state index in [9.17, 15) is 5.11 Å². The van der Waals surface area contributed by atoms with Crippen molar-refractivity contribution in [1.29, 1.82) is 0 Å². The van der Waals surface area contributed by atoms with E-state index in [1.807, 2.05) is 30.3 Å². The summed E-state index contributed by atoms with van der Waals surface area (Å²) in [5.74, 6) is 0.793. The van der Waals surface area contributed by atoms with Crippen LogP contribution in [0.1, 0.15) is 24.5 Å². The van der Waals surface area contributed by atoms with E-state index in [-0.39, 0.29) is 6.10 Å². The number of hydrogen-bond donors (Lipinski definition) is 2. The second kappa shape index (κ2) is 5.39. The van der Waals surface area contributed by atoms with E-state index < -0.39 is 0 Å². The first-order valence-electron chi connectivity index (χ1n) is 7.02. The molecule has 0 bridgehead atoms. The van der Waals surface area contributed by atoms with E-state index >= 15 is 0 Å². The quantitative estimate of drug-likeness (QED) is 0.846. The Hall–Kier alpha value is -0.900. The Balaban J connectivity index is 1.65. The number of hydrogen-bond acceptors (Lipinski definition) is 3. The highest BCUT2D eigenvalue weighted by atomic mass is 16.3. The van der Waals surface area contributed by atoms with Crippen LogP contribution < -0.4 is 5.32 Å². The first kappa shape index (κ1) is 12.2. The Bertz CT molecular complexity index is 381. The first-order chi connectivity index (χ1) is 8.84. The third-order valence-corrected chi connectivity index (χ3v) is 4.39. The van der Waals surface area contributed by atoms with Crippen LogP contribution >= 0.6 is 0 Å². The second-order valence-corrected chi connectivity index (χ2v) is 5.55. The summed E-state index contributed by atoms with van der Waals surface area (Å²) in [6, 6.07) is 10.6. The van der Waals surface area contributed by atoms with Crippen LogP contribution in [0.5, 0.6) is 0 Å². The molecule has 3 nitrogen and oxygen atoms in total. The van der Waals surface area contributed by atoms with Crippen molar-refractivity contribution >= 4 is 0 Å².